The van der Waals surface area contributed by atoms with Crippen LogP contribution in [0.25, 0.3) is 0 Å². The van der Waals surface area contributed by atoms with Gasteiger partial charge in [0.1, 0.15) is 23.2 Å². The minimum Gasteiger partial charge on any atom is -0.350 e. The number of hydrogen-bond donors (Lipinski definition) is 2. The van der Waals surface area contributed by atoms with Gasteiger partial charge in [-0.2, -0.15) is 0 Å². The van der Waals surface area contributed by atoms with Gasteiger partial charge in [0.25, 0.3) is 5.91 Å². The summed E-state index contributed by atoms with van der Waals surface area (Å²) in [6.07, 6.45) is 0.741. The number of nitrogens with zero attached hydrogens (tertiary/aromatic N) is 2. The average molecular weight is 350 g/mol. The van der Waals surface area contributed by atoms with Gasteiger partial charge >= 0.3 is 0 Å². The molecule has 1 aromatic heterocycles. The monoisotopic (exact) mass is 350 g/mol. The Morgan fingerprint density at radius 2 is 1.85 bits per heavy atom. The highest BCUT2D eigenvalue weighted by Crippen LogP contribution is 2.16. The van der Waals surface area contributed by atoms with Crippen molar-refractivity contribution in [2.24, 2.45) is 0 Å². The van der Waals surface area contributed by atoms with Crippen LogP contribution < -0.4 is 10.6 Å². The van der Waals surface area contributed by atoms with E-state index in [2.05, 4.69) is 20.6 Å². The zero-order chi connectivity index (χ0) is 18.4. The first-order chi connectivity index (χ1) is 12.6. The summed E-state index contributed by atoms with van der Waals surface area (Å²) in [5.41, 5.74) is 1.98. The molecule has 3 aromatic rings. The molecule has 2 aromatic carbocycles. The molecular weight excluding hydrogens is 331 g/mol. The van der Waals surface area contributed by atoms with Crippen LogP contribution in [0.15, 0.2) is 60.7 Å². The lowest BCUT2D eigenvalue weighted by Gasteiger charge is -2.09. The lowest BCUT2D eigenvalue weighted by Crippen LogP contribution is -2.27. The fourth-order valence-corrected chi connectivity index (χ4v) is 2.52. The van der Waals surface area contributed by atoms with Crippen LogP contribution in [0.2, 0.25) is 0 Å². The smallest absolute Gasteiger partial charge is 0.270 e. The zero-order valence-corrected chi connectivity index (χ0v) is 14.4. The van der Waals surface area contributed by atoms with Crippen molar-refractivity contribution in [2.45, 2.75) is 13.3 Å². The van der Waals surface area contributed by atoms with E-state index in [0.29, 0.717) is 23.9 Å². The number of hydrogen-bond acceptors (Lipinski definition) is 4. The third-order valence-corrected chi connectivity index (χ3v) is 3.71. The highest BCUT2D eigenvalue weighted by atomic mass is 19.1. The first kappa shape index (κ1) is 17.5. The molecule has 0 aliphatic carbocycles. The average Bonchev–Trinajstić information content (AvgIpc) is 2.62. The van der Waals surface area contributed by atoms with Crippen molar-refractivity contribution in [3.8, 4) is 0 Å². The largest absolute Gasteiger partial charge is 0.350 e. The van der Waals surface area contributed by atoms with Gasteiger partial charge in [0.15, 0.2) is 0 Å². The van der Waals surface area contributed by atoms with Gasteiger partial charge in [-0.25, -0.2) is 14.4 Å². The SMILES string of the molecule is Cc1nc(Nc2cccc(F)c2)cc(C(=O)NCCc2ccccc2)n1. The highest BCUT2D eigenvalue weighted by molar-refractivity contribution is 5.93. The molecule has 0 unspecified atom stereocenters. The molecule has 0 atom stereocenters. The van der Waals surface area contributed by atoms with Crippen molar-refractivity contribution >= 4 is 17.4 Å². The number of halogens is 1. The summed E-state index contributed by atoms with van der Waals surface area (Å²) in [6, 6.07) is 17.5. The van der Waals surface area contributed by atoms with Gasteiger partial charge in [-0.15, -0.1) is 0 Å². The third-order valence-electron chi connectivity index (χ3n) is 3.71. The number of aryl methyl sites for hydroxylation is 1. The summed E-state index contributed by atoms with van der Waals surface area (Å²) in [4.78, 5) is 20.8. The number of nitrogens with one attached hydrogen (secondary N) is 2. The highest BCUT2D eigenvalue weighted by Gasteiger charge is 2.10. The van der Waals surface area contributed by atoms with Crippen molar-refractivity contribution in [3.63, 3.8) is 0 Å². The van der Waals surface area contributed by atoms with Crippen LogP contribution in [0, 0.1) is 12.7 Å². The van der Waals surface area contributed by atoms with Crippen LogP contribution in [-0.2, 0) is 6.42 Å². The number of aromatic nitrogens is 2. The van der Waals surface area contributed by atoms with E-state index < -0.39 is 0 Å². The van der Waals surface area contributed by atoms with Crippen LogP contribution in [-0.4, -0.2) is 22.4 Å². The van der Waals surface area contributed by atoms with Gasteiger partial charge in [-0.05, 0) is 37.1 Å². The van der Waals surface area contributed by atoms with Gasteiger partial charge in [0.05, 0.1) is 0 Å². The normalized spacial score (nSPS) is 10.4. The maximum atomic E-state index is 13.3. The second-order valence-electron chi connectivity index (χ2n) is 5.81. The van der Waals surface area contributed by atoms with Crippen LogP contribution in [0.1, 0.15) is 21.9 Å². The minimum absolute atomic E-state index is 0.268. The van der Waals surface area contributed by atoms with E-state index in [-0.39, 0.29) is 17.4 Å². The maximum Gasteiger partial charge on any atom is 0.270 e. The number of carbonyl (C=O) groups is 1. The van der Waals surface area contributed by atoms with Crippen molar-refractivity contribution in [3.05, 3.63) is 83.6 Å². The first-order valence-electron chi connectivity index (χ1n) is 8.30. The van der Waals surface area contributed by atoms with Crippen molar-refractivity contribution in [2.75, 3.05) is 11.9 Å². The summed E-state index contributed by atoms with van der Waals surface area (Å²) >= 11 is 0. The van der Waals surface area contributed by atoms with Gasteiger partial charge in [0, 0.05) is 18.3 Å². The Labute approximate surface area is 151 Å². The lowest BCUT2D eigenvalue weighted by atomic mass is 10.1. The summed E-state index contributed by atoms with van der Waals surface area (Å²) in [6.45, 7) is 2.22. The van der Waals surface area contributed by atoms with Gasteiger partial charge in [-0.3, -0.25) is 4.79 Å². The van der Waals surface area contributed by atoms with E-state index in [1.54, 1.807) is 25.1 Å². The van der Waals surface area contributed by atoms with Gasteiger partial charge < -0.3 is 10.6 Å². The van der Waals surface area contributed by atoms with Crippen LogP contribution in [0.5, 0.6) is 0 Å². The number of anilines is 2. The topological polar surface area (TPSA) is 66.9 Å². The van der Waals surface area contributed by atoms with E-state index in [9.17, 15) is 9.18 Å². The van der Waals surface area contributed by atoms with Crippen molar-refractivity contribution < 1.29 is 9.18 Å². The van der Waals surface area contributed by atoms with E-state index in [4.69, 9.17) is 0 Å². The fourth-order valence-electron chi connectivity index (χ4n) is 2.52. The molecule has 0 spiro atoms. The maximum absolute atomic E-state index is 13.3. The fraction of sp³-hybridized carbons (Fsp3) is 0.150. The lowest BCUT2D eigenvalue weighted by molar-refractivity contribution is 0.0949. The quantitative estimate of drug-likeness (QED) is 0.712. The van der Waals surface area contributed by atoms with E-state index in [1.165, 1.54) is 12.1 Å². The van der Waals surface area contributed by atoms with E-state index >= 15 is 0 Å². The molecule has 6 heteroatoms. The Morgan fingerprint density at radius 1 is 1.04 bits per heavy atom. The van der Waals surface area contributed by atoms with Crippen molar-refractivity contribution in [1.29, 1.82) is 0 Å². The molecular formula is C20H19FN4O. The summed E-state index contributed by atoms with van der Waals surface area (Å²) < 4.78 is 13.3. The molecule has 0 saturated carbocycles. The van der Waals surface area contributed by atoms with Crippen LogP contribution in [0.3, 0.4) is 0 Å². The Hall–Kier alpha value is -3.28. The van der Waals surface area contributed by atoms with Gasteiger partial charge in [0.2, 0.25) is 0 Å². The Kier molecular flexibility index (Phi) is 5.53. The molecule has 132 valence electrons. The molecule has 0 radical (unpaired) electrons. The molecule has 0 aliphatic rings. The first-order valence-corrected chi connectivity index (χ1v) is 8.30. The molecule has 0 fully saturated rings. The number of amides is 1. The third kappa shape index (κ3) is 4.86. The Balaban J connectivity index is 1.65. The molecule has 1 heterocycles. The van der Waals surface area contributed by atoms with Crippen LogP contribution >= 0.6 is 0 Å². The molecule has 0 aliphatic heterocycles. The molecule has 5 nitrogen and oxygen atoms in total. The molecule has 26 heavy (non-hydrogen) atoms. The Morgan fingerprint density at radius 3 is 2.62 bits per heavy atom. The Bertz CT molecular complexity index is 899. The predicted octanol–water partition coefficient (Wildman–Crippen LogP) is 3.64. The minimum atomic E-state index is -0.348. The predicted molar refractivity (Wildman–Crippen MR) is 98.9 cm³/mol. The summed E-state index contributed by atoms with van der Waals surface area (Å²) in [7, 11) is 0. The second kappa shape index (κ2) is 8.20. The summed E-state index contributed by atoms with van der Waals surface area (Å²) in [5.74, 6) is 0.282. The standard InChI is InChI=1S/C20H19FN4O/c1-14-23-18(20(26)22-11-10-15-6-3-2-4-7-15)13-19(24-14)25-17-9-5-8-16(21)12-17/h2-9,12-13H,10-11H2,1H3,(H,22,26)(H,23,24,25). The van der Waals surface area contributed by atoms with Crippen molar-refractivity contribution in [1.82, 2.24) is 15.3 Å². The molecule has 3 rings (SSSR count). The molecule has 2 N–H and O–H groups in total. The number of rotatable bonds is 6. The molecule has 1 amide bonds. The molecule has 0 saturated heterocycles. The van der Waals surface area contributed by atoms with E-state index in [0.717, 1.165) is 12.0 Å². The number of carbonyl (C=O) groups excluding carboxylic acids is 1. The van der Waals surface area contributed by atoms with Gasteiger partial charge in [-0.1, -0.05) is 36.4 Å². The van der Waals surface area contributed by atoms with E-state index in [1.807, 2.05) is 30.3 Å². The summed E-state index contributed by atoms with van der Waals surface area (Å²) in [5, 5.41) is 5.85. The molecule has 0 bridgehead atoms. The van der Waals surface area contributed by atoms with Crippen LogP contribution in [0.4, 0.5) is 15.9 Å². The number of benzene rings is 2. The second-order valence-corrected chi connectivity index (χ2v) is 5.81. The zero-order valence-electron chi connectivity index (χ0n) is 14.4.